The second-order valence-electron chi connectivity index (χ2n) is 4.18. The van der Waals surface area contributed by atoms with Gasteiger partial charge in [0.05, 0.1) is 13.2 Å². The third-order valence-electron chi connectivity index (χ3n) is 1.95. The molecule has 0 saturated carbocycles. The number of hydrogen-bond acceptors (Lipinski definition) is 5. The fraction of sp³-hybridized carbons (Fsp3) is 0.600. The zero-order valence-corrected chi connectivity index (χ0v) is 13.0. The van der Waals surface area contributed by atoms with Crippen molar-refractivity contribution in [3.8, 4) is 0 Å². The number of rotatable bonds is 8. The minimum atomic E-state index is -0.364. The average Bonchev–Trinajstić information content (AvgIpc) is 2.39. The highest BCUT2D eigenvalue weighted by molar-refractivity contribution is 5.87. The predicted molar refractivity (Wildman–Crippen MR) is 78.3 cm³/mol. The summed E-state index contributed by atoms with van der Waals surface area (Å²) in [5, 5.41) is 0. The molecule has 0 bridgehead atoms. The molecule has 0 aromatic carbocycles. The monoisotopic (exact) mass is 286 g/mol. The van der Waals surface area contributed by atoms with Crippen LogP contribution in [-0.4, -0.2) is 38.9 Å². The summed E-state index contributed by atoms with van der Waals surface area (Å²) in [6.07, 6.45) is 1.97. The lowest BCUT2D eigenvalue weighted by molar-refractivity contribution is -0.140. The molecule has 0 atom stereocenters. The van der Waals surface area contributed by atoms with Crippen LogP contribution in [0.25, 0.3) is 0 Å². The Hall–Kier alpha value is -1.62. The predicted octanol–water partition coefficient (Wildman–Crippen LogP) is 2.66. The number of esters is 2. The number of hydrogen-bond donors (Lipinski definition) is 0. The third kappa shape index (κ3) is 14.4. The van der Waals surface area contributed by atoms with Gasteiger partial charge in [-0.15, -0.1) is 0 Å². The molecule has 0 amide bonds. The molecule has 0 aromatic rings. The van der Waals surface area contributed by atoms with E-state index in [0.29, 0.717) is 31.0 Å². The van der Waals surface area contributed by atoms with Crippen molar-refractivity contribution in [3.05, 3.63) is 24.3 Å². The first-order valence-corrected chi connectivity index (χ1v) is 6.50. The van der Waals surface area contributed by atoms with Crippen LogP contribution >= 0.6 is 0 Å². The van der Waals surface area contributed by atoms with E-state index in [9.17, 15) is 9.59 Å². The van der Waals surface area contributed by atoms with E-state index in [0.717, 1.165) is 12.8 Å². The molecule has 0 aliphatic heterocycles. The zero-order chi connectivity index (χ0) is 16.0. The summed E-state index contributed by atoms with van der Waals surface area (Å²) in [6, 6.07) is 0. The summed E-state index contributed by atoms with van der Waals surface area (Å²) < 4.78 is 14.2. The molecule has 5 heteroatoms. The van der Waals surface area contributed by atoms with Crippen LogP contribution in [0.1, 0.15) is 33.6 Å². The summed E-state index contributed by atoms with van der Waals surface area (Å²) in [5.74, 6) is -0.648. The average molecular weight is 286 g/mol. The maximum Gasteiger partial charge on any atom is 0.333 e. The highest BCUT2D eigenvalue weighted by atomic mass is 16.6. The van der Waals surface area contributed by atoms with Crippen molar-refractivity contribution in [2.24, 2.45) is 0 Å². The molecule has 0 aromatic heterocycles. The second-order valence-corrected chi connectivity index (χ2v) is 4.18. The Morgan fingerprint density at radius 1 is 0.900 bits per heavy atom. The minimum Gasteiger partial charge on any atom is -0.462 e. The summed E-state index contributed by atoms with van der Waals surface area (Å²) in [6.45, 7) is 13.4. The molecular formula is C15H26O5. The van der Waals surface area contributed by atoms with Crippen LogP contribution in [0.4, 0.5) is 0 Å². The first kappa shape index (κ1) is 20.7. The number of methoxy groups -OCH3 is 1. The lowest BCUT2D eigenvalue weighted by atomic mass is 10.3. The Bertz CT molecular complexity index is 288. The molecule has 0 saturated heterocycles. The topological polar surface area (TPSA) is 61.8 Å². The van der Waals surface area contributed by atoms with Gasteiger partial charge in [0.2, 0.25) is 0 Å². The van der Waals surface area contributed by atoms with Gasteiger partial charge in [-0.2, -0.15) is 0 Å². The van der Waals surface area contributed by atoms with Gasteiger partial charge >= 0.3 is 11.9 Å². The van der Waals surface area contributed by atoms with Crippen molar-refractivity contribution >= 4 is 11.9 Å². The van der Waals surface area contributed by atoms with Crippen molar-refractivity contribution in [2.75, 3.05) is 26.9 Å². The smallest absolute Gasteiger partial charge is 0.333 e. The summed E-state index contributed by atoms with van der Waals surface area (Å²) in [4.78, 5) is 21.3. The van der Waals surface area contributed by atoms with Gasteiger partial charge in [-0.1, -0.05) is 26.5 Å². The summed E-state index contributed by atoms with van der Waals surface area (Å²) in [7, 11) is 1.55. The minimum absolute atomic E-state index is 0.284. The lowest BCUT2D eigenvalue weighted by Crippen LogP contribution is -2.09. The Morgan fingerprint density at radius 3 is 1.70 bits per heavy atom. The Balaban J connectivity index is 0. The van der Waals surface area contributed by atoms with Crippen molar-refractivity contribution < 1.29 is 23.8 Å². The van der Waals surface area contributed by atoms with Gasteiger partial charge in [0.1, 0.15) is 6.61 Å². The van der Waals surface area contributed by atoms with Gasteiger partial charge in [-0.05, 0) is 20.3 Å². The van der Waals surface area contributed by atoms with E-state index in [4.69, 9.17) is 4.74 Å². The number of carbonyl (C=O) groups excluding carboxylic acids is 2. The molecule has 0 fully saturated rings. The van der Waals surface area contributed by atoms with Gasteiger partial charge < -0.3 is 14.2 Å². The molecule has 0 aliphatic carbocycles. The quantitative estimate of drug-likeness (QED) is 0.390. The van der Waals surface area contributed by atoms with Crippen molar-refractivity contribution in [2.45, 2.75) is 33.6 Å². The molecule has 0 radical (unpaired) electrons. The van der Waals surface area contributed by atoms with Gasteiger partial charge in [0, 0.05) is 18.3 Å². The van der Waals surface area contributed by atoms with Crippen LogP contribution in [-0.2, 0) is 23.8 Å². The third-order valence-corrected chi connectivity index (χ3v) is 1.95. The number of ether oxygens (including phenoxy) is 3. The zero-order valence-electron chi connectivity index (χ0n) is 13.0. The maximum absolute atomic E-state index is 10.7. The van der Waals surface area contributed by atoms with Crippen molar-refractivity contribution in [1.82, 2.24) is 0 Å². The standard InChI is InChI=1S/C8H14O2.C7H12O3/c1-4-5-6-10-8(9)7(2)3;1-6(2)7(8)10-5-4-9-3/h2,4-6H2,1,3H3;1,4-5H2,2-3H3. The van der Waals surface area contributed by atoms with E-state index in [1.54, 1.807) is 21.0 Å². The highest BCUT2D eigenvalue weighted by Crippen LogP contribution is 1.94. The maximum atomic E-state index is 10.7. The van der Waals surface area contributed by atoms with Gasteiger partial charge in [0.15, 0.2) is 0 Å². The molecule has 0 rings (SSSR count). The van der Waals surface area contributed by atoms with Crippen LogP contribution in [0.15, 0.2) is 24.3 Å². The van der Waals surface area contributed by atoms with Gasteiger partial charge in [-0.25, -0.2) is 9.59 Å². The Morgan fingerprint density at radius 2 is 1.35 bits per heavy atom. The SMILES string of the molecule is C=C(C)C(=O)OCCCC.C=C(C)C(=O)OCCOC. The van der Waals surface area contributed by atoms with Crippen LogP contribution in [0.5, 0.6) is 0 Å². The van der Waals surface area contributed by atoms with E-state index in [1.165, 1.54) is 0 Å². The van der Waals surface area contributed by atoms with Gasteiger partial charge in [0.25, 0.3) is 0 Å². The first-order valence-electron chi connectivity index (χ1n) is 6.50. The van der Waals surface area contributed by atoms with Crippen LogP contribution in [0.2, 0.25) is 0 Å². The van der Waals surface area contributed by atoms with Crippen LogP contribution in [0, 0.1) is 0 Å². The summed E-state index contributed by atoms with van der Waals surface area (Å²) >= 11 is 0. The Labute approximate surface area is 121 Å². The van der Waals surface area contributed by atoms with E-state index in [2.05, 4.69) is 29.6 Å². The normalized spacial score (nSPS) is 9.00. The molecular weight excluding hydrogens is 260 g/mol. The largest absolute Gasteiger partial charge is 0.462 e. The molecule has 0 aliphatic rings. The number of unbranched alkanes of at least 4 members (excludes halogenated alkanes) is 1. The van der Waals surface area contributed by atoms with Gasteiger partial charge in [-0.3, -0.25) is 0 Å². The van der Waals surface area contributed by atoms with E-state index < -0.39 is 0 Å². The molecule has 20 heavy (non-hydrogen) atoms. The fourth-order valence-corrected chi connectivity index (χ4v) is 0.773. The van der Waals surface area contributed by atoms with E-state index >= 15 is 0 Å². The second kappa shape index (κ2) is 13.8. The Kier molecular flexibility index (Phi) is 14.3. The van der Waals surface area contributed by atoms with Crippen LogP contribution < -0.4 is 0 Å². The van der Waals surface area contributed by atoms with Crippen molar-refractivity contribution in [3.63, 3.8) is 0 Å². The van der Waals surface area contributed by atoms with E-state index in [1.807, 2.05) is 0 Å². The molecule has 116 valence electrons. The van der Waals surface area contributed by atoms with E-state index in [-0.39, 0.29) is 11.9 Å². The lowest BCUT2D eigenvalue weighted by Gasteiger charge is -2.01. The molecule has 0 spiro atoms. The van der Waals surface area contributed by atoms with Crippen molar-refractivity contribution in [1.29, 1.82) is 0 Å². The highest BCUT2D eigenvalue weighted by Gasteiger charge is 2.01. The summed E-state index contributed by atoms with van der Waals surface area (Å²) in [5.41, 5.74) is 0.882. The molecule has 0 unspecified atom stereocenters. The fourth-order valence-electron chi connectivity index (χ4n) is 0.773. The number of carbonyl (C=O) groups is 2. The molecule has 0 heterocycles. The first-order chi connectivity index (χ1) is 9.36. The molecule has 0 N–H and O–H groups in total. The van der Waals surface area contributed by atoms with Crippen LogP contribution in [0.3, 0.4) is 0 Å². The molecule has 5 nitrogen and oxygen atoms in total.